The Morgan fingerprint density at radius 2 is 2.23 bits per heavy atom. The van der Waals surface area contributed by atoms with Gasteiger partial charge in [-0.05, 0) is 26.8 Å². The number of ether oxygens (including phenoxy) is 2. The molecule has 13 heavy (non-hydrogen) atoms. The van der Waals surface area contributed by atoms with Crippen LogP contribution in [0, 0.1) is 13.8 Å². The molecule has 0 atom stereocenters. The topological polar surface area (TPSA) is 51.3 Å². The van der Waals surface area contributed by atoms with Gasteiger partial charge in [-0.1, -0.05) is 0 Å². The van der Waals surface area contributed by atoms with Crippen LogP contribution >= 0.6 is 0 Å². The third-order valence-electron chi connectivity index (χ3n) is 1.55. The molecule has 1 aromatic heterocycles. The standard InChI is InChI=1S/C9H13NO3/c1-4-12-9(11)13-8-6(2)5-7(3)10-8/h5,10H,4H2,1-3H3. The molecule has 1 heterocycles. The van der Waals surface area contributed by atoms with Gasteiger partial charge in [-0.2, -0.15) is 0 Å². The number of aryl methyl sites for hydroxylation is 2. The summed E-state index contributed by atoms with van der Waals surface area (Å²) in [7, 11) is 0. The molecule has 0 bridgehead atoms. The molecule has 0 saturated heterocycles. The molecule has 72 valence electrons. The Labute approximate surface area is 76.9 Å². The Bertz CT molecular complexity index is 304. The quantitative estimate of drug-likeness (QED) is 0.715. The lowest BCUT2D eigenvalue weighted by atomic mass is 10.3. The molecule has 1 aromatic rings. The summed E-state index contributed by atoms with van der Waals surface area (Å²) in [5, 5.41) is 0. The van der Waals surface area contributed by atoms with Gasteiger partial charge in [0.1, 0.15) is 0 Å². The highest BCUT2D eigenvalue weighted by atomic mass is 16.7. The predicted molar refractivity (Wildman–Crippen MR) is 47.9 cm³/mol. The number of H-pyrrole nitrogens is 1. The summed E-state index contributed by atoms with van der Waals surface area (Å²) in [5.41, 5.74) is 1.85. The van der Waals surface area contributed by atoms with E-state index in [4.69, 9.17) is 4.74 Å². The minimum absolute atomic E-state index is 0.317. The van der Waals surface area contributed by atoms with Crippen LogP contribution in [0.25, 0.3) is 0 Å². The zero-order chi connectivity index (χ0) is 9.84. The molecule has 0 unspecified atom stereocenters. The highest BCUT2D eigenvalue weighted by molar-refractivity contribution is 5.63. The molecule has 4 nitrogen and oxygen atoms in total. The van der Waals surface area contributed by atoms with E-state index in [-0.39, 0.29) is 0 Å². The molecule has 4 heteroatoms. The number of carbonyl (C=O) groups is 1. The lowest BCUT2D eigenvalue weighted by Gasteiger charge is -2.02. The van der Waals surface area contributed by atoms with Gasteiger partial charge in [0.2, 0.25) is 5.88 Å². The van der Waals surface area contributed by atoms with Gasteiger partial charge in [-0.15, -0.1) is 0 Å². The first-order chi connectivity index (χ1) is 6.13. The second kappa shape index (κ2) is 3.98. The minimum atomic E-state index is -0.674. The normalized spacial score (nSPS) is 9.77. The summed E-state index contributed by atoms with van der Waals surface area (Å²) < 4.78 is 9.52. The van der Waals surface area contributed by atoms with Crippen LogP contribution in [0.4, 0.5) is 4.79 Å². The molecule has 0 spiro atoms. The third-order valence-corrected chi connectivity index (χ3v) is 1.55. The van der Waals surface area contributed by atoms with Gasteiger partial charge in [0.05, 0.1) is 6.61 Å². The van der Waals surface area contributed by atoms with Gasteiger partial charge in [-0.25, -0.2) is 4.79 Å². The van der Waals surface area contributed by atoms with Crippen LogP contribution in [0.3, 0.4) is 0 Å². The number of aromatic amines is 1. The van der Waals surface area contributed by atoms with Crippen molar-refractivity contribution in [2.45, 2.75) is 20.8 Å². The van der Waals surface area contributed by atoms with Gasteiger partial charge in [0, 0.05) is 11.3 Å². The van der Waals surface area contributed by atoms with Crippen LogP contribution < -0.4 is 4.74 Å². The van der Waals surface area contributed by atoms with E-state index in [0.717, 1.165) is 11.3 Å². The van der Waals surface area contributed by atoms with Crippen molar-refractivity contribution in [1.82, 2.24) is 4.98 Å². The van der Waals surface area contributed by atoms with E-state index in [1.165, 1.54) is 0 Å². The smallest absolute Gasteiger partial charge is 0.434 e. The molecule has 0 aliphatic carbocycles. The second-order valence-electron chi connectivity index (χ2n) is 2.75. The molecule has 0 amide bonds. The first-order valence-corrected chi connectivity index (χ1v) is 4.14. The van der Waals surface area contributed by atoms with Crippen LogP contribution in [0.1, 0.15) is 18.2 Å². The molecule has 1 rings (SSSR count). The van der Waals surface area contributed by atoms with E-state index in [0.29, 0.717) is 12.5 Å². The summed E-state index contributed by atoms with van der Waals surface area (Å²) in [6, 6.07) is 1.90. The van der Waals surface area contributed by atoms with E-state index >= 15 is 0 Å². The number of nitrogens with one attached hydrogen (secondary N) is 1. The number of hydrogen-bond donors (Lipinski definition) is 1. The summed E-state index contributed by atoms with van der Waals surface area (Å²) in [4.78, 5) is 13.8. The number of hydrogen-bond acceptors (Lipinski definition) is 3. The largest absolute Gasteiger partial charge is 0.515 e. The molecule has 0 aliphatic rings. The van der Waals surface area contributed by atoms with E-state index < -0.39 is 6.16 Å². The Kier molecular flexibility index (Phi) is 2.95. The van der Waals surface area contributed by atoms with Gasteiger partial charge >= 0.3 is 6.16 Å². The fraction of sp³-hybridized carbons (Fsp3) is 0.444. The summed E-state index contributed by atoms with van der Waals surface area (Å²) in [6.07, 6.45) is -0.674. The van der Waals surface area contributed by atoms with E-state index in [2.05, 4.69) is 9.72 Å². The maximum atomic E-state index is 10.9. The van der Waals surface area contributed by atoms with E-state index in [9.17, 15) is 4.79 Å². The number of rotatable bonds is 2. The number of carbonyl (C=O) groups excluding carboxylic acids is 1. The highest BCUT2D eigenvalue weighted by Crippen LogP contribution is 2.17. The average molecular weight is 183 g/mol. The van der Waals surface area contributed by atoms with Crippen molar-refractivity contribution in [3.05, 3.63) is 17.3 Å². The van der Waals surface area contributed by atoms with Crippen LogP contribution in [-0.4, -0.2) is 17.7 Å². The highest BCUT2D eigenvalue weighted by Gasteiger charge is 2.09. The number of aromatic nitrogens is 1. The average Bonchev–Trinajstić information content (AvgIpc) is 2.30. The molecular formula is C9H13NO3. The monoisotopic (exact) mass is 183 g/mol. The van der Waals surface area contributed by atoms with Crippen molar-refractivity contribution >= 4 is 6.16 Å². The van der Waals surface area contributed by atoms with Gasteiger partial charge in [0.25, 0.3) is 0 Å². The van der Waals surface area contributed by atoms with E-state index in [1.807, 2.05) is 19.9 Å². The van der Waals surface area contributed by atoms with E-state index in [1.54, 1.807) is 6.92 Å². The summed E-state index contributed by atoms with van der Waals surface area (Å²) in [5.74, 6) is 0.455. The van der Waals surface area contributed by atoms with Gasteiger partial charge < -0.3 is 14.5 Å². The molecular weight excluding hydrogens is 170 g/mol. The Morgan fingerprint density at radius 1 is 1.54 bits per heavy atom. The van der Waals surface area contributed by atoms with Crippen molar-refractivity contribution in [2.75, 3.05) is 6.61 Å². The molecule has 0 fully saturated rings. The zero-order valence-corrected chi connectivity index (χ0v) is 8.01. The zero-order valence-electron chi connectivity index (χ0n) is 8.01. The molecule has 0 radical (unpaired) electrons. The fourth-order valence-electron chi connectivity index (χ4n) is 1.04. The van der Waals surface area contributed by atoms with Gasteiger partial charge in [0.15, 0.2) is 0 Å². The van der Waals surface area contributed by atoms with Crippen molar-refractivity contribution in [3.63, 3.8) is 0 Å². The van der Waals surface area contributed by atoms with Crippen molar-refractivity contribution in [2.24, 2.45) is 0 Å². The molecule has 0 saturated carbocycles. The Hall–Kier alpha value is -1.45. The lowest BCUT2D eigenvalue weighted by molar-refractivity contribution is 0.102. The maximum Gasteiger partial charge on any atom is 0.515 e. The third kappa shape index (κ3) is 2.50. The van der Waals surface area contributed by atoms with Crippen LogP contribution in [0.5, 0.6) is 5.88 Å². The molecule has 0 aliphatic heterocycles. The predicted octanol–water partition coefficient (Wildman–Crippen LogP) is 2.17. The molecule has 0 aromatic carbocycles. The lowest BCUT2D eigenvalue weighted by Crippen LogP contribution is -2.10. The van der Waals surface area contributed by atoms with Crippen LogP contribution in [0.15, 0.2) is 6.07 Å². The first kappa shape index (κ1) is 9.64. The van der Waals surface area contributed by atoms with Crippen molar-refractivity contribution in [3.8, 4) is 5.88 Å². The van der Waals surface area contributed by atoms with Gasteiger partial charge in [-0.3, -0.25) is 0 Å². The Morgan fingerprint density at radius 3 is 2.69 bits per heavy atom. The second-order valence-corrected chi connectivity index (χ2v) is 2.75. The maximum absolute atomic E-state index is 10.9. The van der Waals surface area contributed by atoms with Crippen molar-refractivity contribution in [1.29, 1.82) is 0 Å². The molecule has 1 N–H and O–H groups in total. The SMILES string of the molecule is CCOC(=O)Oc1[nH]c(C)cc1C. The first-order valence-electron chi connectivity index (χ1n) is 4.14. The Balaban J connectivity index is 2.63. The van der Waals surface area contributed by atoms with Crippen molar-refractivity contribution < 1.29 is 14.3 Å². The summed E-state index contributed by atoms with van der Waals surface area (Å²) in [6.45, 7) is 5.80. The fourth-order valence-corrected chi connectivity index (χ4v) is 1.04. The van der Waals surface area contributed by atoms with Crippen LogP contribution in [0.2, 0.25) is 0 Å². The summed E-state index contributed by atoms with van der Waals surface area (Å²) >= 11 is 0. The minimum Gasteiger partial charge on any atom is -0.434 e. The van der Waals surface area contributed by atoms with Crippen LogP contribution in [-0.2, 0) is 4.74 Å².